The lowest BCUT2D eigenvalue weighted by molar-refractivity contribution is -0.129. The van der Waals surface area contributed by atoms with Crippen LogP contribution in [-0.2, 0) is 9.59 Å². The molecule has 21 heavy (non-hydrogen) atoms. The van der Waals surface area contributed by atoms with Crippen LogP contribution in [0.3, 0.4) is 0 Å². The van der Waals surface area contributed by atoms with Crippen LogP contribution in [0.2, 0.25) is 0 Å². The van der Waals surface area contributed by atoms with Crippen LogP contribution in [0.5, 0.6) is 0 Å². The quantitative estimate of drug-likeness (QED) is 0.842. The van der Waals surface area contributed by atoms with Gasteiger partial charge in [-0.3, -0.25) is 9.59 Å². The van der Waals surface area contributed by atoms with E-state index in [9.17, 15) is 14.0 Å². The summed E-state index contributed by atoms with van der Waals surface area (Å²) in [6.45, 7) is 0.272. The molecule has 1 aromatic rings. The normalized spacial score (nSPS) is 21.5. The number of carbonyl (C=O) groups is 2. The fourth-order valence-corrected chi connectivity index (χ4v) is 3.66. The molecule has 1 heterocycles. The molecular weight excluding hydrogens is 339 g/mol. The van der Waals surface area contributed by atoms with Crippen molar-refractivity contribution >= 4 is 33.4 Å². The van der Waals surface area contributed by atoms with E-state index in [1.165, 1.54) is 17.0 Å². The maximum absolute atomic E-state index is 13.5. The standard InChI is InChI=1S/C15H16BrFN2O2/c16-11-4-3-10(17)9-12(11)19-8-5-13(20)18-15(14(19)21)6-1-2-7-15/h3-4,9H,1-2,5-8H2,(H,18,20). The van der Waals surface area contributed by atoms with Crippen LogP contribution >= 0.6 is 15.9 Å². The highest BCUT2D eigenvalue weighted by Crippen LogP contribution is 2.36. The zero-order chi connectivity index (χ0) is 15.0. The molecule has 0 atom stereocenters. The second-order valence-electron chi connectivity index (χ2n) is 5.64. The van der Waals surface area contributed by atoms with Crippen LogP contribution < -0.4 is 10.2 Å². The van der Waals surface area contributed by atoms with Crippen LogP contribution in [0.1, 0.15) is 32.1 Å². The number of amides is 2. The summed E-state index contributed by atoms with van der Waals surface area (Å²) in [5.41, 5.74) is -0.318. The number of nitrogens with one attached hydrogen (secondary N) is 1. The molecule has 2 aliphatic rings. The molecule has 3 rings (SSSR count). The summed E-state index contributed by atoms with van der Waals surface area (Å²) in [7, 11) is 0. The fraction of sp³-hybridized carbons (Fsp3) is 0.467. The Morgan fingerprint density at radius 1 is 1.24 bits per heavy atom. The summed E-state index contributed by atoms with van der Waals surface area (Å²) in [4.78, 5) is 26.4. The van der Waals surface area contributed by atoms with Gasteiger partial charge in [0.1, 0.15) is 11.4 Å². The van der Waals surface area contributed by atoms with Crippen molar-refractivity contribution in [1.82, 2.24) is 5.32 Å². The number of carbonyl (C=O) groups excluding carboxylic acids is 2. The predicted molar refractivity (Wildman–Crippen MR) is 80.4 cm³/mol. The van der Waals surface area contributed by atoms with Gasteiger partial charge in [-0.2, -0.15) is 0 Å². The Morgan fingerprint density at radius 2 is 1.95 bits per heavy atom. The van der Waals surface area contributed by atoms with E-state index in [2.05, 4.69) is 21.2 Å². The molecule has 1 N–H and O–H groups in total. The number of hydrogen-bond donors (Lipinski definition) is 1. The second kappa shape index (κ2) is 5.40. The molecule has 1 saturated heterocycles. The van der Waals surface area contributed by atoms with Gasteiger partial charge in [0.15, 0.2) is 0 Å². The Hall–Kier alpha value is -1.43. The number of hydrogen-bond acceptors (Lipinski definition) is 2. The van der Waals surface area contributed by atoms with E-state index >= 15 is 0 Å². The zero-order valence-corrected chi connectivity index (χ0v) is 13.1. The average molecular weight is 355 g/mol. The van der Waals surface area contributed by atoms with Crippen LogP contribution in [0.4, 0.5) is 10.1 Å². The molecule has 1 aliphatic carbocycles. The molecule has 4 nitrogen and oxygen atoms in total. The van der Waals surface area contributed by atoms with Crippen LogP contribution in [0.25, 0.3) is 0 Å². The maximum atomic E-state index is 13.5. The third kappa shape index (κ3) is 2.57. The summed E-state index contributed by atoms with van der Waals surface area (Å²) in [5.74, 6) is -0.637. The fourth-order valence-electron chi connectivity index (χ4n) is 3.20. The summed E-state index contributed by atoms with van der Waals surface area (Å²) >= 11 is 3.37. The maximum Gasteiger partial charge on any atom is 0.252 e. The topological polar surface area (TPSA) is 49.4 Å². The van der Waals surface area contributed by atoms with E-state index in [1.807, 2.05) is 0 Å². The van der Waals surface area contributed by atoms with E-state index in [-0.39, 0.29) is 24.8 Å². The van der Waals surface area contributed by atoms with E-state index < -0.39 is 11.4 Å². The Bertz CT molecular complexity index is 599. The number of nitrogens with zero attached hydrogens (tertiary/aromatic N) is 1. The molecule has 0 aromatic heterocycles. The van der Waals surface area contributed by atoms with E-state index in [4.69, 9.17) is 0 Å². The van der Waals surface area contributed by atoms with E-state index in [0.29, 0.717) is 23.0 Å². The van der Waals surface area contributed by atoms with Crippen LogP contribution in [0.15, 0.2) is 22.7 Å². The van der Waals surface area contributed by atoms with Crippen molar-refractivity contribution in [2.75, 3.05) is 11.4 Å². The first kappa shape index (κ1) is 14.5. The van der Waals surface area contributed by atoms with Gasteiger partial charge in [0.05, 0.1) is 5.69 Å². The first-order valence-corrected chi connectivity index (χ1v) is 7.89. The molecular formula is C15H16BrFN2O2. The van der Waals surface area contributed by atoms with Crippen molar-refractivity contribution in [1.29, 1.82) is 0 Å². The molecule has 112 valence electrons. The van der Waals surface area contributed by atoms with Gasteiger partial charge in [-0.15, -0.1) is 0 Å². The minimum Gasteiger partial charge on any atom is -0.342 e. The van der Waals surface area contributed by atoms with Gasteiger partial charge in [0, 0.05) is 17.4 Å². The molecule has 0 unspecified atom stereocenters. The van der Waals surface area contributed by atoms with Crippen LogP contribution in [-0.4, -0.2) is 23.9 Å². The minimum absolute atomic E-state index is 0.111. The number of benzene rings is 1. The first-order chi connectivity index (χ1) is 10.0. The number of anilines is 1. The summed E-state index contributed by atoms with van der Waals surface area (Å²) < 4.78 is 14.2. The Labute approximate surface area is 130 Å². The third-order valence-corrected chi connectivity index (χ3v) is 4.92. The molecule has 1 aliphatic heterocycles. The summed E-state index contributed by atoms with van der Waals surface area (Å²) in [5, 5.41) is 2.90. The lowest BCUT2D eigenvalue weighted by Crippen LogP contribution is -2.55. The monoisotopic (exact) mass is 354 g/mol. The first-order valence-electron chi connectivity index (χ1n) is 7.10. The highest BCUT2D eigenvalue weighted by molar-refractivity contribution is 9.10. The zero-order valence-electron chi connectivity index (χ0n) is 11.5. The van der Waals surface area contributed by atoms with Crippen molar-refractivity contribution in [3.63, 3.8) is 0 Å². The van der Waals surface area contributed by atoms with Crippen molar-refractivity contribution in [3.8, 4) is 0 Å². The van der Waals surface area contributed by atoms with Crippen molar-refractivity contribution in [2.45, 2.75) is 37.6 Å². The van der Waals surface area contributed by atoms with Gasteiger partial charge >= 0.3 is 0 Å². The largest absolute Gasteiger partial charge is 0.342 e. The number of halogens is 2. The van der Waals surface area contributed by atoms with Crippen molar-refractivity contribution < 1.29 is 14.0 Å². The van der Waals surface area contributed by atoms with Gasteiger partial charge in [-0.05, 0) is 47.0 Å². The smallest absolute Gasteiger partial charge is 0.252 e. The van der Waals surface area contributed by atoms with Crippen LogP contribution in [0, 0.1) is 5.82 Å². The Balaban J connectivity index is 2.02. The van der Waals surface area contributed by atoms with E-state index in [0.717, 1.165) is 12.8 Å². The minimum atomic E-state index is -0.806. The predicted octanol–water partition coefficient (Wildman–Crippen LogP) is 2.75. The molecule has 0 bridgehead atoms. The number of rotatable bonds is 1. The highest BCUT2D eigenvalue weighted by atomic mass is 79.9. The summed E-state index contributed by atoms with van der Waals surface area (Å²) in [6, 6.07) is 4.25. The third-order valence-electron chi connectivity index (χ3n) is 4.25. The lowest BCUT2D eigenvalue weighted by Gasteiger charge is -2.32. The second-order valence-corrected chi connectivity index (χ2v) is 6.49. The van der Waals surface area contributed by atoms with Gasteiger partial charge in [-0.25, -0.2) is 4.39 Å². The molecule has 6 heteroatoms. The molecule has 0 radical (unpaired) electrons. The van der Waals surface area contributed by atoms with Gasteiger partial charge in [0.2, 0.25) is 5.91 Å². The van der Waals surface area contributed by atoms with Crippen molar-refractivity contribution in [3.05, 3.63) is 28.5 Å². The molecule has 1 spiro atoms. The lowest BCUT2D eigenvalue weighted by atomic mass is 9.95. The average Bonchev–Trinajstić information content (AvgIpc) is 2.87. The molecule has 2 fully saturated rings. The Morgan fingerprint density at radius 3 is 2.67 bits per heavy atom. The van der Waals surface area contributed by atoms with Gasteiger partial charge in [0.25, 0.3) is 5.91 Å². The van der Waals surface area contributed by atoms with Crippen molar-refractivity contribution in [2.24, 2.45) is 0 Å². The van der Waals surface area contributed by atoms with Gasteiger partial charge in [-0.1, -0.05) is 12.8 Å². The SMILES string of the molecule is O=C1CCN(c2cc(F)ccc2Br)C(=O)C2(CCCC2)N1. The Kier molecular flexibility index (Phi) is 3.73. The molecule has 2 amide bonds. The summed E-state index contributed by atoms with van der Waals surface area (Å²) in [6.07, 6.45) is 3.38. The van der Waals surface area contributed by atoms with Gasteiger partial charge < -0.3 is 10.2 Å². The molecule has 1 saturated carbocycles. The van der Waals surface area contributed by atoms with E-state index in [1.54, 1.807) is 6.07 Å². The highest BCUT2D eigenvalue weighted by Gasteiger charge is 2.47. The molecule has 1 aromatic carbocycles.